The van der Waals surface area contributed by atoms with Crippen LogP contribution in [0, 0.1) is 11.8 Å². The van der Waals surface area contributed by atoms with Gasteiger partial charge in [0.2, 0.25) is 11.8 Å². The summed E-state index contributed by atoms with van der Waals surface area (Å²) in [7, 11) is 0. The van der Waals surface area contributed by atoms with Crippen molar-refractivity contribution in [3.8, 4) is 0 Å². The SMILES string of the molecule is O=C1[C@H]2[C@H](C(=O)N1c1cccc(Cl)c1)[C@@H](c1ccccc1)C=C[C@@H]2c1ccccc1. The normalized spacial score (nSPS) is 25.4. The minimum absolute atomic E-state index is 0.142. The average Bonchev–Trinajstić information content (AvgIpc) is 3.05. The van der Waals surface area contributed by atoms with Crippen LogP contribution in [0.25, 0.3) is 0 Å². The molecule has 0 unspecified atom stereocenters. The Morgan fingerprint density at radius 3 is 1.60 bits per heavy atom. The summed E-state index contributed by atoms with van der Waals surface area (Å²) in [6, 6.07) is 26.8. The summed E-state index contributed by atoms with van der Waals surface area (Å²) in [5.41, 5.74) is 2.62. The number of benzene rings is 3. The molecule has 4 atom stereocenters. The van der Waals surface area contributed by atoms with Gasteiger partial charge >= 0.3 is 0 Å². The second kappa shape index (κ2) is 7.58. The molecule has 3 aromatic rings. The Bertz CT molecular complexity index is 1060. The first-order chi connectivity index (χ1) is 14.6. The molecule has 30 heavy (non-hydrogen) atoms. The molecule has 2 amide bonds. The summed E-state index contributed by atoms with van der Waals surface area (Å²) >= 11 is 6.16. The topological polar surface area (TPSA) is 37.4 Å². The molecule has 3 nitrogen and oxygen atoms in total. The van der Waals surface area contributed by atoms with Crippen LogP contribution in [0.2, 0.25) is 5.02 Å². The highest BCUT2D eigenvalue weighted by Crippen LogP contribution is 2.50. The molecule has 0 bridgehead atoms. The van der Waals surface area contributed by atoms with Crippen molar-refractivity contribution in [1.29, 1.82) is 0 Å². The highest BCUT2D eigenvalue weighted by Gasteiger charge is 2.55. The van der Waals surface area contributed by atoms with Gasteiger partial charge in [0.1, 0.15) is 0 Å². The molecule has 1 aliphatic heterocycles. The summed E-state index contributed by atoms with van der Waals surface area (Å²) in [5.74, 6) is -1.51. The molecule has 1 heterocycles. The van der Waals surface area contributed by atoms with Gasteiger partial charge in [-0.15, -0.1) is 0 Å². The molecule has 4 heteroatoms. The number of hydrogen-bond donors (Lipinski definition) is 0. The molecule has 1 aliphatic carbocycles. The Balaban J connectivity index is 1.64. The van der Waals surface area contributed by atoms with E-state index in [1.807, 2.05) is 60.7 Å². The van der Waals surface area contributed by atoms with E-state index in [9.17, 15) is 9.59 Å². The third kappa shape index (κ3) is 3.06. The van der Waals surface area contributed by atoms with E-state index in [1.165, 1.54) is 4.90 Å². The average molecular weight is 414 g/mol. The predicted molar refractivity (Wildman–Crippen MR) is 118 cm³/mol. The van der Waals surface area contributed by atoms with Crippen molar-refractivity contribution in [3.63, 3.8) is 0 Å². The zero-order chi connectivity index (χ0) is 20.7. The number of hydrogen-bond acceptors (Lipinski definition) is 2. The van der Waals surface area contributed by atoms with Gasteiger partial charge in [-0.25, -0.2) is 4.90 Å². The van der Waals surface area contributed by atoms with Crippen molar-refractivity contribution in [3.05, 3.63) is 113 Å². The molecule has 0 spiro atoms. The lowest BCUT2D eigenvalue weighted by Gasteiger charge is -2.32. The van der Waals surface area contributed by atoms with Crippen LogP contribution in [0.15, 0.2) is 97.1 Å². The molecule has 0 radical (unpaired) electrons. The fourth-order valence-electron chi connectivity index (χ4n) is 4.80. The number of carbonyl (C=O) groups is 2. The molecule has 2 aliphatic rings. The van der Waals surface area contributed by atoms with Crippen LogP contribution in [0.4, 0.5) is 5.69 Å². The molecule has 1 fully saturated rings. The Kier molecular flexibility index (Phi) is 4.76. The van der Waals surface area contributed by atoms with Gasteiger partial charge in [-0.3, -0.25) is 9.59 Å². The largest absolute Gasteiger partial charge is 0.274 e. The second-order valence-electron chi connectivity index (χ2n) is 7.80. The van der Waals surface area contributed by atoms with Gasteiger partial charge in [-0.2, -0.15) is 0 Å². The van der Waals surface area contributed by atoms with Crippen LogP contribution in [0.3, 0.4) is 0 Å². The summed E-state index contributed by atoms with van der Waals surface area (Å²) in [6.45, 7) is 0. The maximum Gasteiger partial charge on any atom is 0.238 e. The quantitative estimate of drug-likeness (QED) is 0.415. The van der Waals surface area contributed by atoms with Crippen molar-refractivity contribution < 1.29 is 9.59 Å². The van der Waals surface area contributed by atoms with Crippen LogP contribution >= 0.6 is 11.6 Å². The van der Waals surface area contributed by atoms with Crippen LogP contribution in [-0.4, -0.2) is 11.8 Å². The summed E-state index contributed by atoms with van der Waals surface area (Å²) in [6.07, 6.45) is 4.20. The number of rotatable bonds is 3. The third-order valence-electron chi connectivity index (χ3n) is 6.13. The van der Waals surface area contributed by atoms with Crippen molar-refractivity contribution in [1.82, 2.24) is 0 Å². The number of allylic oxidation sites excluding steroid dienone is 2. The Hall–Kier alpha value is -3.17. The zero-order valence-corrected chi connectivity index (χ0v) is 16.9. The fraction of sp³-hybridized carbons (Fsp3) is 0.154. The molecule has 148 valence electrons. The zero-order valence-electron chi connectivity index (χ0n) is 16.2. The molecule has 0 aromatic heterocycles. The van der Waals surface area contributed by atoms with Gasteiger partial charge in [0.15, 0.2) is 0 Å². The number of amides is 2. The number of nitrogens with zero attached hydrogens (tertiary/aromatic N) is 1. The van der Waals surface area contributed by atoms with E-state index in [-0.39, 0.29) is 23.7 Å². The third-order valence-corrected chi connectivity index (χ3v) is 6.37. The molecule has 0 N–H and O–H groups in total. The molecule has 3 aromatic carbocycles. The number of imide groups is 1. The predicted octanol–water partition coefficient (Wildman–Crippen LogP) is 5.58. The van der Waals surface area contributed by atoms with Crippen LogP contribution < -0.4 is 4.90 Å². The van der Waals surface area contributed by atoms with Gasteiger partial charge in [0.05, 0.1) is 17.5 Å². The lowest BCUT2D eigenvalue weighted by Crippen LogP contribution is -2.31. The van der Waals surface area contributed by atoms with Gasteiger partial charge in [-0.1, -0.05) is 90.5 Å². The van der Waals surface area contributed by atoms with E-state index in [0.29, 0.717) is 10.7 Å². The number of halogens is 1. The second-order valence-corrected chi connectivity index (χ2v) is 8.24. The van der Waals surface area contributed by atoms with E-state index < -0.39 is 11.8 Å². The summed E-state index contributed by atoms with van der Waals surface area (Å²) in [4.78, 5) is 28.6. The van der Waals surface area contributed by atoms with Gasteiger partial charge in [0, 0.05) is 16.9 Å². The van der Waals surface area contributed by atoms with E-state index in [4.69, 9.17) is 11.6 Å². The van der Waals surface area contributed by atoms with E-state index in [1.54, 1.807) is 24.3 Å². The minimum Gasteiger partial charge on any atom is -0.274 e. The molecular formula is C26H20ClNO2. The van der Waals surface area contributed by atoms with Gasteiger partial charge in [0.25, 0.3) is 0 Å². The van der Waals surface area contributed by atoms with E-state index >= 15 is 0 Å². The summed E-state index contributed by atoms with van der Waals surface area (Å²) in [5, 5.41) is 0.500. The van der Waals surface area contributed by atoms with E-state index in [2.05, 4.69) is 12.2 Å². The Morgan fingerprint density at radius 1 is 0.633 bits per heavy atom. The first-order valence-electron chi connectivity index (χ1n) is 10.1. The Morgan fingerprint density at radius 2 is 1.13 bits per heavy atom. The van der Waals surface area contributed by atoms with Crippen molar-refractivity contribution in [2.75, 3.05) is 4.90 Å². The molecule has 5 rings (SSSR count). The lowest BCUT2D eigenvalue weighted by molar-refractivity contribution is -0.122. The number of anilines is 1. The van der Waals surface area contributed by atoms with Crippen molar-refractivity contribution in [2.45, 2.75) is 11.8 Å². The highest BCUT2D eigenvalue weighted by atomic mass is 35.5. The standard InChI is InChI=1S/C26H20ClNO2/c27-19-12-7-13-20(16-19)28-25(29)23-21(17-8-3-1-4-9-17)14-15-22(24(23)26(28)30)18-10-5-2-6-11-18/h1-16,21-24H/t21-,22-,23-,24-/m1/s1. The molecule has 0 saturated carbocycles. The highest BCUT2D eigenvalue weighted by molar-refractivity contribution is 6.31. The monoisotopic (exact) mass is 413 g/mol. The van der Waals surface area contributed by atoms with Gasteiger partial charge < -0.3 is 0 Å². The van der Waals surface area contributed by atoms with Crippen LogP contribution in [0.1, 0.15) is 23.0 Å². The Labute approximate surface area is 180 Å². The molecule has 1 saturated heterocycles. The number of fused-ring (bicyclic) bond motifs is 1. The maximum atomic E-state index is 13.7. The first kappa shape index (κ1) is 18.8. The van der Waals surface area contributed by atoms with E-state index in [0.717, 1.165) is 11.1 Å². The summed E-state index contributed by atoms with van der Waals surface area (Å²) < 4.78 is 0. The first-order valence-corrected chi connectivity index (χ1v) is 10.4. The fourth-order valence-corrected chi connectivity index (χ4v) is 4.99. The van der Waals surface area contributed by atoms with Crippen molar-refractivity contribution in [2.24, 2.45) is 11.8 Å². The maximum absolute atomic E-state index is 13.7. The lowest BCUT2D eigenvalue weighted by atomic mass is 9.68. The minimum atomic E-state index is -0.450. The number of carbonyl (C=O) groups excluding carboxylic acids is 2. The molecular weight excluding hydrogens is 394 g/mol. The van der Waals surface area contributed by atoms with Crippen LogP contribution in [-0.2, 0) is 9.59 Å². The van der Waals surface area contributed by atoms with Crippen molar-refractivity contribution >= 4 is 29.1 Å². The van der Waals surface area contributed by atoms with Gasteiger partial charge in [-0.05, 0) is 29.3 Å². The van der Waals surface area contributed by atoms with Crippen LogP contribution in [0.5, 0.6) is 0 Å². The smallest absolute Gasteiger partial charge is 0.238 e.